The van der Waals surface area contributed by atoms with Gasteiger partial charge in [-0.1, -0.05) is 198 Å². The normalized spacial score (nSPS) is 13.4. The average molecular weight is 795 g/mol. The van der Waals surface area contributed by atoms with Crippen LogP contribution in [-0.2, 0) is 27.5 Å². The SMILES string of the molecule is CCCCCCCCCCCCOP(=S)(OCCCCCCCCCC)SCN(Cn1nnc2cc(C)ccc21)C(C)(C)CCCCCCCCCC. The van der Waals surface area contributed by atoms with E-state index in [9.17, 15) is 0 Å². The largest absolute Gasteiger partial charge is 0.322 e. The van der Waals surface area contributed by atoms with Crippen molar-refractivity contribution in [3.05, 3.63) is 23.8 Å². The zero-order valence-electron chi connectivity index (χ0n) is 35.5. The van der Waals surface area contributed by atoms with Crippen LogP contribution in [0.5, 0.6) is 0 Å². The highest BCUT2D eigenvalue weighted by molar-refractivity contribution is 8.67. The van der Waals surface area contributed by atoms with Crippen molar-refractivity contribution in [3.63, 3.8) is 0 Å². The molecule has 0 radical (unpaired) electrons. The lowest BCUT2D eigenvalue weighted by atomic mass is 9.94. The fourth-order valence-corrected chi connectivity index (χ4v) is 11.3. The molecule has 0 aliphatic heterocycles. The van der Waals surface area contributed by atoms with Crippen molar-refractivity contribution in [2.45, 2.75) is 227 Å². The first-order valence-corrected chi connectivity index (χ1v) is 26.6. The summed E-state index contributed by atoms with van der Waals surface area (Å²) in [6.45, 7) is 15.8. The summed E-state index contributed by atoms with van der Waals surface area (Å²) in [5.74, 6) is 0.754. The van der Waals surface area contributed by atoms with Crippen molar-refractivity contribution < 1.29 is 9.05 Å². The number of aryl methyl sites for hydroxylation is 1. The van der Waals surface area contributed by atoms with E-state index in [0.717, 1.165) is 36.2 Å². The van der Waals surface area contributed by atoms with Gasteiger partial charge in [0.15, 0.2) is 0 Å². The van der Waals surface area contributed by atoms with Gasteiger partial charge in [0.05, 0.1) is 31.3 Å². The molecule has 9 heteroatoms. The molecule has 308 valence electrons. The molecular weight excluding hydrogens is 712 g/mol. The van der Waals surface area contributed by atoms with Crippen molar-refractivity contribution in [2.24, 2.45) is 0 Å². The zero-order chi connectivity index (χ0) is 38.5. The summed E-state index contributed by atoms with van der Waals surface area (Å²) in [5.41, 5.74) is 0.687. The minimum absolute atomic E-state index is 0.0351. The maximum atomic E-state index is 6.61. The summed E-state index contributed by atoms with van der Waals surface area (Å²) in [6, 6.07) is 6.45. The molecule has 0 aliphatic carbocycles. The first-order valence-electron chi connectivity index (χ1n) is 22.3. The lowest BCUT2D eigenvalue weighted by Crippen LogP contribution is -2.44. The van der Waals surface area contributed by atoms with Gasteiger partial charge in [0.25, 0.3) is 0 Å². The molecule has 1 atom stereocenters. The standard InChI is InChI=1S/C44H83N4O2PS2/c1-7-10-13-16-19-22-23-26-29-32-37-50-51(52,49-36-31-28-25-21-18-15-12-9-3)53-40-47(39-48-43-34-33-41(4)38-42(43)45-46-48)44(5,6)35-30-27-24-20-17-14-11-8-2/h33-34,38H,7-32,35-37,39-40H2,1-6H3. The Kier molecular flexibility index (Phi) is 28.1. The average Bonchev–Trinajstić information content (AvgIpc) is 3.54. The van der Waals surface area contributed by atoms with Crippen LogP contribution in [0.2, 0.25) is 0 Å². The predicted molar refractivity (Wildman–Crippen MR) is 239 cm³/mol. The number of aromatic nitrogens is 3. The van der Waals surface area contributed by atoms with Gasteiger partial charge < -0.3 is 9.05 Å². The lowest BCUT2D eigenvalue weighted by molar-refractivity contribution is 0.0931. The van der Waals surface area contributed by atoms with Crippen molar-refractivity contribution in [1.82, 2.24) is 19.9 Å². The number of fused-ring (bicyclic) bond motifs is 1. The molecule has 1 aromatic heterocycles. The van der Waals surface area contributed by atoms with Gasteiger partial charge in [0.2, 0.25) is 5.69 Å². The third-order valence-corrected chi connectivity index (χ3v) is 16.1. The van der Waals surface area contributed by atoms with Gasteiger partial charge in [0, 0.05) is 5.54 Å². The van der Waals surface area contributed by atoms with Crippen molar-refractivity contribution in [1.29, 1.82) is 0 Å². The Morgan fingerprint density at radius 1 is 0.660 bits per heavy atom. The molecule has 6 nitrogen and oxygen atoms in total. The number of rotatable bonds is 37. The zero-order valence-corrected chi connectivity index (χ0v) is 38.0. The van der Waals surface area contributed by atoms with E-state index in [1.54, 1.807) is 11.4 Å². The second kappa shape index (κ2) is 30.6. The van der Waals surface area contributed by atoms with Gasteiger partial charge in [0.1, 0.15) is 5.52 Å². The van der Waals surface area contributed by atoms with Crippen molar-refractivity contribution >= 4 is 39.9 Å². The van der Waals surface area contributed by atoms with Crippen LogP contribution in [0.3, 0.4) is 0 Å². The first kappa shape index (κ1) is 48.6. The van der Waals surface area contributed by atoms with Gasteiger partial charge in [-0.2, -0.15) is 0 Å². The van der Waals surface area contributed by atoms with Crippen molar-refractivity contribution in [2.75, 3.05) is 19.1 Å². The molecule has 1 aromatic carbocycles. The highest BCUT2D eigenvalue weighted by Gasteiger charge is 2.31. The van der Waals surface area contributed by atoms with Gasteiger partial charge in [-0.25, -0.2) is 4.68 Å². The number of nitrogens with zero attached hydrogens (tertiary/aromatic N) is 4. The molecule has 53 heavy (non-hydrogen) atoms. The molecule has 0 N–H and O–H groups in total. The maximum Gasteiger partial charge on any atom is 0.248 e. The van der Waals surface area contributed by atoms with Gasteiger partial charge in [-0.05, 0) is 69.5 Å². The minimum Gasteiger partial charge on any atom is -0.322 e. The molecule has 0 bridgehead atoms. The number of hydrogen-bond acceptors (Lipinski definition) is 7. The van der Waals surface area contributed by atoms with E-state index in [0.29, 0.717) is 19.9 Å². The highest BCUT2D eigenvalue weighted by Crippen LogP contribution is 2.61. The van der Waals surface area contributed by atoms with Gasteiger partial charge in [-0.15, -0.1) is 5.10 Å². The van der Waals surface area contributed by atoms with Crippen LogP contribution in [0.25, 0.3) is 11.0 Å². The Morgan fingerprint density at radius 2 is 1.09 bits per heavy atom. The molecule has 0 saturated heterocycles. The summed E-state index contributed by atoms with van der Waals surface area (Å²) in [6.07, 6.45) is 35.2. The van der Waals surface area contributed by atoms with Gasteiger partial charge >= 0.3 is 0 Å². The van der Waals surface area contributed by atoms with E-state index < -0.39 is 5.69 Å². The molecule has 0 spiro atoms. The van der Waals surface area contributed by atoms with Crippen LogP contribution < -0.4 is 0 Å². The first-order chi connectivity index (χ1) is 25.7. The number of benzene rings is 1. The van der Waals surface area contributed by atoms with Crippen molar-refractivity contribution in [3.8, 4) is 0 Å². The summed E-state index contributed by atoms with van der Waals surface area (Å²) in [4.78, 5) is 2.55. The minimum atomic E-state index is -2.52. The highest BCUT2D eigenvalue weighted by atomic mass is 32.9. The monoisotopic (exact) mass is 795 g/mol. The molecule has 0 aliphatic rings. The molecule has 2 aromatic rings. The fraction of sp³-hybridized carbons (Fsp3) is 0.864. The van der Waals surface area contributed by atoms with Crippen LogP contribution in [0.1, 0.15) is 214 Å². The number of unbranched alkanes of at least 4 members (excludes halogenated alkanes) is 23. The Morgan fingerprint density at radius 3 is 1.57 bits per heavy atom. The third-order valence-electron chi connectivity index (χ3n) is 10.8. The van der Waals surface area contributed by atoms with E-state index >= 15 is 0 Å². The second-order valence-electron chi connectivity index (χ2n) is 16.3. The van der Waals surface area contributed by atoms with Gasteiger partial charge in [-0.3, -0.25) is 4.90 Å². The molecule has 2 rings (SSSR count). The van der Waals surface area contributed by atoms with Crippen LogP contribution in [0.15, 0.2) is 18.2 Å². The molecule has 0 fully saturated rings. The predicted octanol–water partition coefficient (Wildman–Crippen LogP) is 15.3. The van der Waals surface area contributed by atoms with Crippen LogP contribution in [-0.4, -0.2) is 44.5 Å². The topological polar surface area (TPSA) is 52.4 Å². The van der Waals surface area contributed by atoms with Crippen LogP contribution in [0, 0.1) is 6.92 Å². The molecule has 0 amide bonds. The molecule has 0 saturated carbocycles. The van der Waals surface area contributed by atoms with E-state index in [4.69, 9.17) is 20.9 Å². The quantitative estimate of drug-likeness (QED) is 0.0383. The van der Waals surface area contributed by atoms with Crippen LogP contribution in [0.4, 0.5) is 0 Å². The second-order valence-corrected chi connectivity index (χ2v) is 22.6. The smallest absolute Gasteiger partial charge is 0.248 e. The summed E-state index contributed by atoms with van der Waals surface area (Å²) in [7, 11) is 0. The van der Waals surface area contributed by atoms with E-state index in [-0.39, 0.29) is 5.54 Å². The number of hydrogen-bond donors (Lipinski definition) is 0. The summed E-state index contributed by atoms with van der Waals surface area (Å²) < 4.78 is 15.3. The van der Waals surface area contributed by atoms with Crippen LogP contribution >= 0.6 is 17.1 Å². The molecular formula is C44H83N4O2PS2. The van der Waals surface area contributed by atoms with E-state index in [1.807, 2.05) is 0 Å². The maximum absolute atomic E-state index is 6.61. The summed E-state index contributed by atoms with van der Waals surface area (Å²) in [5, 5.41) is 9.16. The van der Waals surface area contributed by atoms with E-state index in [2.05, 4.69) is 79.6 Å². The Hall–Kier alpha value is -0.500. The Labute approximate surface area is 337 Å². The fourth-order valence-electron chi connectivity index (χ4n) is 7.04. The Bertz CT molecular complexity index is 1210. The molecule has 1 heterocycles. The van der Waals surface area contributed by atoms with E-state index in [1.165, 1.54) is 160 Å². The Balaban J connectivity index is 2.03. The third kappa shape index (κ3) is 22.7. The lowest BCUT2D eigenvalue weighted by Gasteiger charge is -2.39. The molecule has 1 unspecified atom stereocenters. The summed E-state index contributed by atoms with van der Waals surface area (Å²) >= 11 is 8.08.